The van der Waals surface area contributed by atoms with Crippen molar-refractivity contribution < 1.29 is 18.6 Å². The zero-order valence-corrected chi connectivity index (χ0v) is 11.8. The van der Waals surface area contributed by atoms with Crippen LogP contribution in [0.1, 0.15) is 27.7 Å². The molecule has 8 heteroatoms. The van der Waals surface area contributed by atoms with Crippen molar-refractivity contribution in [3.8, 4) is 0 Å². The fourth-order valence-electron chi connectivity index (χ4n) is 1.91. The topological polar surface area (TPSA) is 87.6 Å². The van der Waals surface area contributed by atoms with Gasteiger partial charge >= 0.3 is 12.8 Å². The Morgan fingerprint density at radius 1 is 1.25 bits per heavy atom. The number of anilines is 1. The van der Waals surface area contributed by atoms with Crippen molar-refractivity contribution >= 4 is 24.0 Å². The molecule has 0 aromatic heterocycles. The van der Waals surface area contributed by atoms with E-state index < -0.39 is 34.7 Å². The van der Waals surface area contributed by atoms with Gasteiger partial charge in [-0.3, -0.25) is 10.1 Å². The summed E-state index contributed by atoms with van der Waals surface area (Å²) in [6.45, 7) is 7.41. The monoisotopic (exact) mass is 282 g/mol. The zero-order chi connectivity index (χ0) is 15.3. The van der Waals surface area contributed by atoms with Gasteiger partial charge in [-0.05, 0) is 33.8 Å². The normalized spacial score (nSPS) is 20.1. The van der Waals surface area contributed by atoms with Crippen LogP contribution in [0.2, 0.25) is 0 Å². The first-order chi connectivity index (χ1) is 9.05. The third kappa shape index (κ3) is 2.25. The first-order valence-electron chi connectivity index (χ1n) is 6.14. The number of halogens is 1. The molecule has 1 heterocycles. The third-order valence-electron chi connectivity index (χ3n) is 3.86. The molecule has 0 unspecified atom stereocenters. The van der Waals surface area contributed by atoms with Crippen molar-refractivity contribution in [1.29, 1.82) is 0 Å². The van der Waals surface area contributed by atoms with Crippen molar-refractivity contribution in [2.75, 3.05) is 5.73 Å². The fraction of sp³-hybridized carbons (Fsp3) is 0.500. The molecular weight excluding hydrogens is 266 g/mol. The van der Waals surface area contributed by atoms with Crippen LogP contribution in [0, 0.1) is 15.9 Å². The number of benzene rings is 1. The van der Waals surface area contributed by atoms with Crippen LogP contribution in [0.25, 0.3) is 0 Å². The van der Waals surface area contributed by atoms with Gasteiger partial charge in [0.25, 0.3) is 0 Å². The number of nitro benzene ring substituents is 1. The molecule has 2 N–H and O–H groups in total. The molecule has 1 fully saturated rings. The van der Waals surface area contributed by atoms with E-state index in [1.54, 1.807) is 0 Å². The standard InChI is InChI=1S/C12H16BFN2O4/c1-11(2)12(3,4)20-13(19-11)7-5-8(14)10(16(17)18)6-9(7)15/h5-6H,15H2,1-4H3. The van der Waals surface area contributed by atoms with Gasteiger partial charge in [-0.15, -0.1) is 0 Å². The summed E-state index contributed by atoms with van der Waals surface area (Å²) < 4.78 is 25.2. The highest BCUT2D eigenvalue weighted by Crippen LogP contribution is 2.37. The quantitative estimate of drug-likeness (QED) is 0.385. The average Bonchev–Trinajstić information content (AvgIpc) is 2.50. The number of nitrogens with zero attached hydrogens (tertiary/aromatic N) is 1. The minimum absolute atomic E-state index is 0.0663. The number of nitrogen functional groups attached to an aromatic ring is 1. The molecule has 1 saturated heterocycles. The van der Waals surface area contributed by atoms with E-state index in [1.807, 2.05) is 27.7 Å². The minimum atomic E-state index is -0.964. The number of hydrogen-bond acceptors (Lipinski definition) is 5. The molecule has 1 aromatic carbocycles. The highest BCUT2D eigenvalue weighted by Gasteiger charge is 2.52. The molecule has 0 amide bonds. The maximum absolute atomic E-state index is 13.7. The van der Waals surface area contributed by atoms with Crippen LogP contribution in [0.15, 0.2) is 12.1 Å². The van der Waals surface area contributed by atoms with E-state index in [1.165, 1.54) is 0 Å². The Balaban J connectivity index is 2.41. The Labute approximate surface area is 116 Å². The highest BCUT2D eigenvalue weighted by atomic mass is 19.1. The van der Waals surface area contributed by atoms with Crippen LogP contribution < -0.4 is 11.2 Å². The second-order valence-electron chi connectivity index (χ2n) is 5.78. The minimum Gasteiger partial charge on any atom is -0.399 e. The molecule has 108 valence electrons. The molecule has 20 heavy (non-hydrogen) atoms. The van der Waals surface area contributed by atoms with Gasteiger partial charge in [0.1, 0.15) is 0 Å². The summed E-state index contributed by atoms with van der Waals surface area (Å²) in [5.74, 6) is -0.964. The Morgan fingerprint density at radius 2 is 1.75 bits per heavy atom. The summed E-state index contributed by atoms with van der Waals surface area (Å²) in [5.41, 5.74) is 4.22. The molecule has 6 nitrogen and oxygen atoms in total. The van der Waals surface area contributed by atoms with Crippen LogP contribution in [0.3, 0.4) is 0 Å². The van der Waals surface area contributed by atoms with Crippen LogP contribution in [0.5, 0.6) is 0 Å². The van der Waals surface area contributed by atoms with E-state index in [0.717, 1.165) is 12.1 Å². The molecule has 1 aliphatic heterocycles. The van der Waals surface area contributed by atoms with Gasteiger partial charge in [0.2, 0.25) is 0 Å². The lowest BCUT2D eigenvalue weighted by Gasteiger charge is -2.32. The van der Waals surface area contributed by atoms with Crippen LogP contribution in [-0.2, 0) is 9.31 Å². The van der Waals surface area contributed by atoms with Gasteiger partial charge in [0, 0.05) is 17.2 Å². The summed E-state index contributed by atoms with van der Waals surface area (Å²) in [5, 5.41) is 10.7. The van der Waals surface area contributed by atoms with Gasteiger partial charge in [-0.25, -0.2) is 0 Å². The summed E-state index contributed by atoms with van der Waals surface area (Å²) >= 11 is 0. The predicted molar refractivity (Wildman–Crippen MR) is 73.2 cm³/mol. The maximum atomic E-state index is 13.7. The fourth-order valence-corrected chi connectivity index (χ4v) is 1.91. The summed E-state index contributed by atoms with van der Waals surface area (Å²) in [6, 6.07) is 1.98. The van der Waals surface area contributed by atoms with Crippen LogP contribution >= 0.6 is 0 Å². The van der Waals surface area contributed by atoms with Gasteiger partial charge in [-0.1, -0.05) is 0 Å². The summed E-state index contributed by atoms with van der Waals surface area (Å²) in [7, 11) is -0.852. The number of nitrogens with two attached hydrogens (primary N) is 1. The predicted octanol–water partition coefficient (Wildman–Crippen LogP) is 1.62. The SMILES string of the molecule is CC1(C)OB(c2cc(F)c([N+](=O)[O-])cc2N)OC1(C)C. The molecule has 1 aliphatic rings. The molecule has 1 aromatic rings. The van der Waals surface area contributed by atoms with E-state index in [2.05, 4.69) is 0 Å². The zero-order valence-electron chi connectivity index (χ0n) is 11.8. The number of hydrogen-bond donors (Lipinski definition) is 1. The summed E-state index contributed by atoms with van der Waals surface area (Å²) in [4.78, 5) is 9.84. The first kappa shape index (κ1) is 14.7. The Hall–Kier alpha value is -1.67. The lowest BCUT2D eigenvalue weighted by atomic mass is 9.77. The number of nitro groups is 1. The summed E-state index contributed by atoms with van der Waals surface area (Å²) in [6.07, 6.45) is 0. The largest absolute Gasteiger partial charge is 0.497 e. The first-order valence-corrected chi connectivity index (χ1v) is 6.14. The van der Waals surface area contributed by atoms with E-state index in [4.69, 9.17) is 15.0 Å². The van der Waals surface area contributed by atoms with Crippen molar-refractivity contribution in [2.24, 2.45) is 0 Å². The number of rotatable bonds is 2. The molecule has 0 aliphatic carbocycles. The Kier molecular flexibility index (Phi) is 3.26. The maximum Gasteiger partial charge on any atom is 0.497 e. The van der Waals surface area contributed by atoms with Gasteiger partial charge in [0.15, 0.2) is 5.82 Å². The van der Waals surface area contributed by atoms with E-state index in [0.29, 0.717) is 0 Å². The van der Waals surface area contributed by atoms with E-state index in [9.17, 15) is 14.5 Å². The average molecular weight is 282 g/mol. The molecule has 0 spiro atoms. The van der Waals surface area contributed by atoms with Gasteiger partial charge in [0.05, 0.1) is 16.1 Å². The van der Waals surface area contributed by atoms with Gasteiger partial charge < -0.3 is 15.0 Å². The second kappa shape index (κ2) is 4.42. The third-order valence-corrected chi connectivity index (χ3v) is 3.86. The van der Waals surface area contributed by atoms with Gasteiger partial charge in [-0.2, -0.15) is 4.39 Å². The smallest absolute Gasteiger partial charge is 0.399 e. The van der Waals surface area contributed by atoms with E-state index in [-0.39, 0.29) is 11.2 Å². The van der Waals surface area contributed by atoms with Crippen molar-refractivity contribution in [3.63, 3.8) is 0 Å². The molecular formula is C12H16BFN2O4. The molecule has 0 radical (unpaired) electrons. The van der Waals surface area contributed by atoms with Crippen LogP contribution in [-0.4, -0.2) is 23.2 Å². The van der Waals surface area contributed by atoms with Crippen LogP contribution in [0.4, 0.5) is 15.8 Å². The van der Waals surface area contributed by atoms with E-state index >= 15 is 0 Å². The molecule has 2 rings (SSSR count). The van der Waals surface area contributed by atoms with Crippen molar-refractivity contribution in [1.82, 2.24) is 0 Å². The molecule has 0 saturated carbocycles. The molecule has 0 bridgehead atoms. The lowest BCUT2D eigenvalue weighted by Crippen LogP contribution is -2.41. The van der Waals surface area contributed by atoms with Crippen molar-refractivity contribution in [2.45, 2.75) is 38.9 Å². The Bertz CT molecular complexity index is 561. The lowest BCUT2D eigenvalue weighted by molar-refractivity contribution is -0.387. The highest BCUT2D eigenvalue weighted by molar-refractivity contribution is 6.63. The second-order valence-corrected chi connectivity index (χ2v) is 5.78. The van der Waals surface area contributed by atoms with Crippen molar-refractivity contribution in [3.05, 3.63) is 28.1 Å². The molecule has 0 atom stereocenters. The Morgan fingerprint density at radius 3 is 2.20 bits per heavy atom.